The van der Waals surface area contributed by atoms with Crippen LogP contribution in [-0.2, 0) is 0 Å². The van der Waals surface area contributed by atoms with Crippen LogP contribution in [0.15, 0.2) is 12.1 Å². The molecule has 2 aromatic rings. The maximum Gasteiger partial charge on any atom is 0.156 e. The van der Waals surface area contributed by atoms with Crippen LogP contribution >= 0.6 is 0 Å². The Morgan fingerprint density at radius 1 is 1.43 bits per heavy atom. The minimum atomic E-state index is 0.583. The Balaban J connectivity index is 2.34. The number of aromatic nitrogens is 3. The van der Waals surface area contributed by atoms with Crippen LogP contribution in [0, 0.1) is 6.92 Å². The normalized spacial score (nSPS) is 16.4. The Bertz CT molecular complexity index is 496. The van der Waals surface area contributed by atoms with Gasteiger partial charge in [0.25, 0.3) is 0 Å². The van der Waals surface area contributed by atoms with Crippen LogP contribution in [0.4, 0.5) is 5.82 Å². The zero-order valence-corrected chi connectivity index (χ0v) is 8.07. The molecule has 0 saturated heterocycles. The van der Waals surface area contributed by atoms with Crippen LogP contribution in [0.3, 0.4) is 0 Å². The molecule has 4 nitrogen and oxygen atoms in total. The predicted molar refractivity (Wildman–Crippen MR) is 54.1 cm³/mol. The van der Waals surface area contributed by atoms with Crippen molar-refractivity contribution in [1.82, 2.24) is 14.6 Å². The van der Waals surface area contributed by atoms with Gasteiger partial charge in [-0.25, -0.2) is 9.50 Å². The lowest BCUT2D eigenvalue weighted by Gasteiger charge is -1.99. The first-order chi connectivity index (χ1) is 6.75. The highest BCUT2D eigenvalue weighted by Crippen LogP contribution is 2.42. The van der Waals surface area contributed by atoms with Crippen molar-refractivity contribution in [2.24, 2.45) is 0 Å². The topological polar surface area (TPSA) is 56.2 Å². The van der Waals surface area contributed by atoms with Gasteiger partial charge in [0.2, 0.25) is 0 Å². The van der Waals surface area contributed by atoms with Crippen molar-refractivity contribution in [3.63, 3.8) is 0 Å². The summed E-state index contributed by atoms with van der Waals surface area (Å²) in [5, 5.41) is 4.43. The molecule has 2 aromatic heterocycles. The second-order valence-electron chi connectivity index (χ2n) is 3.90. The smallest absolute Gasteiger partial charge is 0.156 e. The number of imidazole rings is 1. The lowest BCUT2D eigenvalue weighted by atomic mass is 10.3. The summed E-state index contributed by atoms with van der Waals surface area (Å²) in [5.41, 5.74) is 8.83. The van der Waals surface area contributed by atoms with Gasteiger partial charge in [0, 0.05) is 5.92 Å². The van der Waals surface area contributed by atoms with E-state index in [2.05, 4.69) is 10.1 Å². The number of fused-ring (bicyclic) bond motifs is 1. The molecule has 4 heteroatoms. The van der Waals surface area contributed by atoms with Crippen LogP contribution in [0.5, 0.6) is 0 Å². The lowest BCUT2D eigenvalue weighted by molar-refractivity contribution is 0.833. The summed E-state index contributed by atoms with van der Waals surface area (Å²) < 4.78 is 1.89. The number of hydrogen-bond acceptors (Lipinski definition) is 3. The number of nitrogen functional groups attached to an aromatic ring is 1. The summed E-state index contributed by atoms with van der Waals surface area (Å²) in [4.78, 5) is 4.29. The molecule has 0 radical (unpaired) electrons. The van der Waals surface area contributed by atoms with Crippen molar-refractivity contribution in [2.75, 3.05) is 5.73 Å². The highest BCUT2D eigenvalue weighted by Gasteiger charge is 2.30. The number of rotatable bonds is 1. The van der Waals surface area contributed by atoms with E-state index in [-0.39, 0.29) is 0 Å². The number of nitrogens with two attached hydrogens (primary N) is 1. The van der Waals surface area contributed by atoms with E-state index in [0.717, 1.165) is 17.0 Å². The number of anilines is 1. The maximum absolute atomic E-state index is 5.87. The molecule has 0 aromatic carbocycles. The molecule has 3 rings (SSSR count). The highest BCUT2D eigenvalue weighted by molar-refractivity contribution is 5.53. The molecule has 0 atom stereocenters. The molecule has 2 heterocycles. The van der Waals surface area contributed by atoms with Gasteiger partial charge in [0.15, 0.2) is 5.65 Å². The van der Waals surface area contributed by atoms with Gasteiger partial charge in [-0.2, -0.15) is 5.10 Å². The Hall–Kier alpha value is -1.58. The largest absolute Gasteiger partial charge is 0.382 e. The number of nitrogens with zero attached hydrogens (tertiary/aromatic N) is 3. The van der Waals surface area contributed by atoms with E-state index >= 15 is 0 Å². The third-order valence-corrected chi connectivity index (χ3v) is 2.64. The maximum atomic E-state index is 5.87. The average Bonchev–Trinajstić information content (AvgIpc) is 2.90. The third kappa shape index (κ3) is 0.999. The van der Waals surface area contributed by atoms with E-state index in [9.17, 15) is 0 Å². The van der Waals surface area contributed by atoms with Crippen molar-refractivity contribution >= 4 is 11.5 Å². The van der Waals surface area contributed by atoms with Crippen molar-refractivity contribution in [2.45, 2.75) is 25.7 Å². The molecule has 1 saturated carbocycles. The van der Waals surface area contributed by atoms with Gasteiger partial charge in [0.1, 0.15) is 5.82 Å². The van der Waals surface area contributed by atoms with Crippen LogP contribution in [-0.4, -0.2) is 14.6 Å². The van der Waals surface area contributed by atoms with E-state index in [1.54, 1.807) is 0 Å². The summed E-state index contributed by atoms with van der Waals surface area (Å²) in [5.74, 6) is 1.23. The first-order valence-electron chi connectivity index (χ1n) is 4.87. The Kier molecular flexibility index (Phi) is 1.37. The van der Waals surface area contributed by atoms with Crippen molar-refractivity contribution in [3.8, 4) is 0 Å². The Morgan fingerprint density at radius 3 is 2.93 bits per heavy atom. The molecule has 0 bridgehead atoms. The van der Waals surface area contributed by atoms with Gasteiger partial charge in [-0.1, -0.05) is 0 Å². The fourth-order valence-corrected chi connectivity index (χ4v) is 1.80. The predicted octanol–water partition coefficient (Wildman–Crippen LogP) is 1.50. The molecule has 1 aliphatic carbocycles. The summed E-state index contributed by atoms with van der Waals surface area (Å²) in [6, 6.07) is 3.92. The number of hydrogen-bond donors (Lipinski definition) is 1. The van der Waals surface area contributed by atoms with Crippen LogP contribution < -0.4 is 5.73 Å². The van der Waals surface area contributed by atoms with Crippen LogP contribution in [0.25, 0.3) is 5.65 Å². The molecule has 0 aliphatic heterocycles. The summed E-state index contributed by atoms with van der Waals surface area (Å²) >= 11 is 0. The SMILES string of the molecule is Cc1ccc2nc(N)c(C3CC3)n2n1. The van der Waals surface area contributed by atoms with Gasteiger partial charge >= 0.3 is 0 Å². The summed E-state index contributed by atoms with van der Waals surface area (Å²) in [6.07, 6.45) is 2.43. The van der Waals surface area contributed by atoms with Gasteiger partial charge < -0.3 is 5.73 Å². The molecular formula is C10H12N4. The lowest BCUT2D eigenvalue weighted by Crippen LogP contribution is -1.99. The minimum Gasteiger partial charge on any atom is -0.382 e. The first-order valence-corrected chi connectivity index (χ1v) is 4.87. The third-order valence-electron chi connectivity index (χ3n) is 2.64. The molecule has 14 heavy (non-hydrogen) atoms. The Morgan fingerprint density at radius 2 is 2.21 bits per heavy atom. The Labute approximate surface area is 81.8 Å². The summed E-state index contributed by atoms with van der Waals surface area (Å²) in [6.45, 7) is 1.98. The highest BCUT2D eigenvalue weighted by atomic mass is 15.3. The summed E-state index contributed by atoms with van der Waals surface area (Å²) in [7, 11) is 0. The molecule has 0 unspecified atom stereocenters. The van der Waals surface area contributed by atoms with Gasteiger partial charge in [0.05, 0.1) is 11.4 Å². The van der Waals surface area contributed by atoms with Crippen LogP contribution in [0.1, 0.15) is 30.1 Å². The monoisotopic (exact) mass is 188 g/mol. The van der Waals surface area contributed by atoms with Crippen LogP contribution in [0.2, 0.25) is 0 Å². The van der Waals surface area contributed by atoms with E-state index in [4.69, 9.17) is 5.73 Å². The fraction of sp³-hybridized carbons (Fsp3) is 0.400. The quantitative estimate of drug-likeness (QED) is 0.737. The van der Waals surface area contributed by atoms with Crippen molar-refractivity contribution in [3.05, 3.63) is 23.5 Å². The molecular weight excluding hydrogens is 176 g/mol. The zero-order chi connectivity index (χ0) is 9.71. The zero-order valence-electron chi connectivity index (χ0n) is 8.07. The second-order valence-corrected chi connectivity index (χ2v) is 3.90. The van der Waals surface area contributed by atoms with Gasteiger partial charge in [-0.15, -0.1) is 0 Å². The average molecular weight is 188 g/mol. The van der Waals surface area contributed by atoms with Crippen molar-refractivity contribution < 1.29 is 0 Å². The van der Waals surface area contributed by atoms with Crippen molar-refractivity contribution in [1.29, 1.82) is 0 Å². The standard InChI is InChI=1S/C10H12N4/c1-6-2-5-8-12-10(11)9(7-3-4-7)14(8)13-6/h2,5,7H,3-4,11H2,1H3. The first kappa shape index (κ1) is 7.79. The molecule has 1 aliphatic rings. The fourth-order valence-electron chi connectivity index (χ4n) is 1.80. The van der Waals surface area contributed by atoms with Gasteiger partial charge in [-0.05, 0) is 31.9 Å². The molecule has 72 valence electrons. The van der Waals surface area contributed by atoms with Gasteiger partial charge in [-0.3, -0.25) is 0 Å². The van der Waals surface area contributed by atoms with E-state index < -0.39 is 0 Å². The number of aryl methyl sites for hydroxylation is 1. The van der Waals surface area contributed by atoms with E-state index in [1.807, 2.05) is 23.6 Å². The molecule has 0 amide bonds. The molecule has 1 fully saturated rings. The minimum absolute atomic E-state index is 0.583. The van der Waals surface area contributed by atoms with E-state index in [0.29, 0.717) is 11.7 Å². The molecule has 0 spiro atoms. The van der Waals surface area contributed by atoms with E-state index in [1.165, 1.54) is 12.8 Å². The second kappa shape index (κ2) is 2.47. The molecule has 2 N–H and O–H groups in total.